The fourth-order valence-corrected chi connectivity index (χ4v) is 3.35. The number of methoxy groups -OCH3 is 2. The molecule has 0 saturated carbocycles. The van der Waals surface area contributed by atoms with E-state index in [-0.39, 0.29) is 6.03 Å². The minimum absolute atomic E-state index is 0.138. The number of benzene rings is 2. The maximum Gasteiger partial charge on any atom is 0.322 e. The van der Waals surface area contributed by atoms with Crippen LogP contribution in [0, 0.1) is 6.92 Å². The summed E-state index contributed by atoms with van der Waals surface area (Å²) in [6.45, 7) is 4.81. The number of hydrogen-bond donors (Lipinski definition) is 1. The Labute approximate surface area is 164 Å². The molecule has 1 aliphatic heterocycles. The number of halogens is 1. The quantitative estimate of drug-likeness (QED) is 0.858. The molecule has 27 heavy (non-hydrogen) atoms. The van der Waals surface area contributed by atoms with Crippen molar-refractivity contribution in [3.8, 4) is 11.5 Å². The highest BCUT2D eigenvalue weighted by molar-refractivity contribution is 6.31. The van der Waals surface area contributed by atoms with Gasteiger partial charge in [0.1, 0.15) is 11.5 Å². The first-order valence-corrected chi connectivity index (χ1v) is 9.19. The normalized spacial score (nSPS) is 14.1. The number of anilines is 2. The monoisotopic (exact) mass is 389 g/mol. The Bertz CT molecular complexity index is 820. The Hall–Kier alpha value is -2.60. The lowest BCUT2D eigenvalue weighted by Crippen LogP contribution is -2.50. The highest BCUT2D eigenvalue weighted by atomic mass is 35.5. The zero-order valence-electron chi connectivity index (χ0n) is 15.8. The van der Waals surface area contributed by atoms with Gasteiger partial charge in [-0.2, -0.15) is 0 Å². The first-order chi connectivity index (χ1) is 13.0. The van der Waals surface area contributed by atoms with E-state index in [0.29, 0.717) is 30.3 Å². The van der Waals surface area contributed by atoms with Gasteiger partial charge in [0.2, 0.25) is 0 Å². The van der Waals surface area contributed by atoms with Crippen molar-refractivity contribution in [3.05, 3.63) is 47.0 Å². The molecule has 0 aromatic heterocycles. The maximum atomic E-state index is 12.6. The topological polar surface area (TPSA) is 54.0 Å². The molecule has 1 saturated heterocycles. The maximum absolute atomic E-state index is 12.6. The molecule has 3 rings (SSSR count). The Morgan fingerprint density at radius 1 is 1.07 bits per heavy atom. The van der Waals surface area contributed by atoms with E-state index >= 15 is 0 Å². The lowest BCUT2D eigenvalue weighted by atomic mass is 10.1. The van der Waals surface area contributed by atoms with Crippen LogP contribution in [-0.2, 0) is 0 Å². The second-order valence-corrected chi connectivity index (χ2v) is 6.76. The molecule has 1 heterocycles. The molecule has 1 N–H and O–H groups in total. The van der Waals surface area contributed by atoms with Crippen LogP contribution in [0.1, 0.15) is 5.56 Å². The predicted molar refractivity (Wildman–Crippen MR) is 109 cm³/mol. The standard InChI is InChI=1S/C20H24ClN3O3/c1-14-16(21)5-4-6-18(14)23-9-11-24(12-10-23)20(25)22-17-8-7-15(26-2)13-19(17)27-3/h4-8,13H,9-12H2,1-3H3,(H,22,25). The summed E-state index contributed by atoms with van der Waals surface area (Å²) in [5.41, 5.74) is 2.82. The molecular formula is C20H24ClN3O3. The number of rotatable bonds is 4. The lowest BCUT2D eigenvalue weighted by Gasteiger charge is -2.37. The Morgan fingerprint density at radius 3 is 2.48 bits per heavy atom. The SMILES string of the molecule is COc1ccc(NC(=O)N2CCN(c3cccc(Cl)c3C)CC2)c(OC)c1. The van der Waals surface area contributed by atoms with Gasteiger partial charge >= 0.3 is 6.03 Å². The molecule has 2 aromatic carbocycles. The van der Waals surface area contributed by atoms with Crippen LogP contribution in [0.4, 0.5) is 16.2 Å². The van der Waals surface area contributed by atoms with E-state index in [0.717, 1.165) is 29.4 Å². The van der Waals surface area contributed by atoms with Crippen molar-refractivity contribution in [2.45, 2.75) is 6.92 Å². The Kier molecular flexibility index (Phi) is 5.96. The lowest BCUT2D eigenvalue weighted by molar-refractivity contribution is 0.208. The molecule has 1 fully saturated rings. The van der Waals surface area contributed by atoms with Gasteiger partial charge in [0.05, 0.1) is 19.9 Å². The fourth-order valence-electron chi connectivity index (χ4n) is 3.19. The van der Waals surface area contributed by atoms with Gasteiger partial charge in [-0.3, -0.25) is 0 Å². The molecule has 1 aliphatic rings. The molecule has 2 aromatic rings. The van der Waals surface area contributed by atoms with Gasteiger partial charge in [-0.25, -0.2) is 4.79 Å². The molecule has 0 bridgehead atoms. The first-order valence-electron chi connectivity index (χ1n) is 8.81. The van der Waals surface area contributed by atoms with Crippen LogP contribution in [-0.4, -0.2) is 51.3 Å². The predicted octanol–water partition coefficient (Wildman–Crippen LogP) is 4.02. The van der Waals surface area contributed by atoms with Crippen molar-refractivity contribution in [1.29, 1.82) is 0 Å². The zero-order chi connectivity index (χ0) is 19.4. The molecule has 0 unspecified atom stereocenters. The van der Waals surface area contributed by atoms with Crippen LogP contribution in [0.15, 0.2) is 36.4 Å². The van der Waals surface area contributed by atoms with Gasteiger partial charge in [0.25, 0.3) is 0 Å². The summed E-state index contributed by atoms with van der Waals surface area (Å²) >= 11 is 6.23. The third-order valence-electron chi connectivity index (χ3n) is 4.80. The third-order valence-corrected chi connectivity index (χ3v) is 5.21. The van der Waals surface area contributed by atoms with Crippen molar-refractivity contribution in [2.75, 3.05) is 50.6 Å². The number of piperazine rings is 1. The van der Waals surface area contributed by atoms with Crippen LogP contribution in [0.2, 0.25) is 5.02 Å². The third kappa shape index (κ3) is 4.22. The molecule has 6 nitrogen and oxygen atoms in total. The number of urea groups is 1. The number of nitrogens with zero attached hydrogens (tertiary/aromatic N) is 2. The molecule has 144 valence electrons. The van der Waals surface area contributed by atoms with E-state index in [1.807, 2.05) is 19.1 Å². The van der Waals surface area contributed by atoms with Crippen LogP contribution < -0.4 is 19.7 Å². The number of hydrogen-bond acceptors (Lipinski definition) is 4. The van der Waals surface area contributed by atoms with E-state index in [2.05, 4.69) is 16.3 Å². The Morgan fingerprint density at radius 2 is 1.81 bits per heavy atom. The second-order valence-electron chi connectivity index (χ2n) is 6.35. The zero-order valence-corrected chi connectivity index (χ0v) is 16.5. The molecule has 0 spiro atoms. The molecule has 0 atom stereocenters. The van der Waals surface area contributed by atoms with Crippen LogP contribution in [0.5, 0.6) is 11.5 Å². The highest BCUT2D eigenvalue weighted by Crippen LogP contribution is 2.30. The van der Waals surface area contributed by atoms with Crippen LogP contribution in [0.3, 0.4) is 0 Å². The number of carbonyl (C=O) groups excluding carboxylic acids is 1. The average Bonchev–Trinajstić information content (AvgIpc) is 2.70. The average molecular weight is 390 g/mol. The van der Waals surface area contributed by atoms with E-state index in [1.165, 1.54) is 0 Å². The number of amides is 2. The molecular weight excluding hydrogens is 366 g/mol. The summed E-state index contributed by atoms with van der Waals surface area (Å²) in [5.74, 6) is 1.24. The van der Waals surface area contributed by atoms with Gasteiger partial charge in [-0.1, -0.05) is 17.7 Å². The van der Waals surface area contributed by atoms with E-state index in [1.54, 1.807) is 37.3 Å². The van der Waals surface area contributed by atoms with Crippen molar-refractivity contribution in [1.82, 2.24) is 4.90 Å². The van der Waals surface area contributed by atoms with Gasteiger partial charge in [-0.05, 0) is 36.8 Å². The summed E-state index contributed by atoms with van der Waals surface area (Å²) in [6, 6.07) is 11.1. The summed E-state index contributed by atoms with van der Waals surface area (Å²) in [6.07, 6.45) is 0. The summed E-state index contributed by atoms with van der Waals surface area (Å²) in [4.78, 5) is 16.7. The minimum atomic E-state index is -0.138. The number of carbonyl (C=O) groups is 1. The van der Waals surface area contributed by atoms with E-state index < -0.39 is 0 Å². The van der Waals surface area contributed by atoms with Gasteiger partial charge in [-0.15, -0.1) is 0 Å². The smallest absolute Gasteiger partial charge is 0.322 e. The summed E-state index contributed by atoms with van der Waals surface area (Å²) < 4.78 is 10.5. The number of ether oxygens (including phenoxy) is 2. The Balaban J connectivity index is 1.63. The molecule has 0 radical (unpaired) electrons. The van der Waals surface area contributed by atoms with Crippen LogP contribution in [0.25, 0.3) is 0 Å². The van der Waals surface area contributed by atoms with Crippen molar-refractivity contribution < 1.29 is 14.3 Å². The summed E-state index contributed by atoms with van der Waals surface area (Å²) in [7, 11) is 3.16. The van der Waals surface area contributed by atoms with Gasteiger partial charge < -0.3 is 24.6 Å². The molecule has 2 amide bonds. The second kappa shape index (κ2) is 8.39. The summed E-state index contributed by atoms with van der Waals surface area (Å²) in [5, 5.41) is 3.69. The minimum Gasteiger partial charge on any atom is -0.497 e. The highest BCUT2D eigenvalue weighted by Gasteiger charge is 2.23. The van der Waals surface area contributed by atoms with Crippen molar-refractivity contribution >= 4 is 29.0 Å². The van der Waals surface area contributed by atoms with Gasteiger partial charge in [0.15, 0.2) is 0 Å². The fraction of sp³-hybridized carbons (Fsp3) is 0.350. The molecule has 7 heteroatoms. The van der Waals surface area contributed by atoms with E-state index in [9.17, 15) is 4.79 Å². The largest absolute Gasteiger partial charge is 0.497 e. The number of nitrogens with one attached hydrogen (secondary N) is 1. The first kappa shape index (κ1) is 19.2. The van der Waals surface area contributed by atoms with E-state index in [4.69, 9.17) is 21.1 Å². The molecule has 0 aliphatic carbocycles. The van der Waals surface area contributed by atoms with Crippen molar-refractivity contribution in [3.63, 3.8) is 0 Å². The van der Waals surface area contributed by atoms with Gasteiger partial charge in [0, 0.05) is 43.0 Å². The van der Waals surface area contributed by atoms with Crippen LogP contribution >= 0.6 is 11.6 Å². The van der Waals surface area contributed by atoms with Crippen molar-refractivity contribution in [2.24, 2.45) is 0 Å².